The van der Waals surface area contributed by atoms with Crippen molar-refractivity contribution < 1.29 is 4.74 Å². The molecule has 0 radical (unpaired) electrons. The summed E-state index contributed by atoms with van der Waals surface area (Å²) in [6.45, 7) is 4.35. The number of pyridine rings is 1. The largest absolute Gasteiger partial charge is 0.438 e. The van der Waals surface area contributed by atoms with Crippen molar-refractivity contribution in [3.05, 3.63) is 78.0 Å². The van der Waals surface area contributed by atoms with Gasteiger partial charge in [-0.1, -0.05) is 42.5 Å². The Bertz CT molecular complexity index is 1140. The average Bonchev–Trinajstić information content (AvgIpc) is 2.63. The van der Waals surface area contributed by atoms with E-state index in [1.165, 1.54) is 33.2 Å². The SMILES string of the molecule is Cc1ccccc1-c1c(C)cc2c3c(nccc13)Oc1ccccc1-2. The van der Waals surface area contributed by atoms with Crippen LogP contribution in [0, 0.1) is 13.8 Å². The molecule has 1 aromatic heterocycles. The normalized spacial score (nSPS) is 11.9. The standard InChI is InChI=1S/C23H17NO/c1-14-7-3-4-8-16(14)21-15(2)13-19-17-9-5-6-10-20(17)25-23-22(19)18(21)11-12-24-23/h3-13H,1-2H3. The van der Waals surface area contributed by atoms with Crippen LogP contribution >= 0.6 is 0 Å². The molecule has 1 aliphatic rings. The Hall–Kier alpha value is -3.13. The zero-order valence-corrected chi connectivity index (χ0v) is 14.2. The molecule has 3 aromatic carbocycles. The van der Waals surface area contributed by atoms with Crippen LogP contribution in [-0.4, -0.2) is 4.98 Å². The summed E-state index contributed by atoms with van der Waals surface area (Å²) in [6, 6.07) is 21.1. The highest BCUT2D eigenvalue weighted by molar-refractivity contribution is 6.10. The van der Waals surface area contributed by atoms with Gasteiger partial charge in [0.25, 0.3) is 0 Å². The number of aromatic nitrogens is 1. The Kier molecular flexibility index (Phi) is 2.95. The summed E-state index contributed by atoms with van der Waals surface area (Å²) in [6.07, 6.45) is 1.84. The van der Waals surface area contributed by atoms with E-state index in [2.05, 4.69) is 67.4 Å². The summed E-state index contributed by atoms with van der Waals surface area (Å²) in [7, 11) is 0. The molecule has 1 aliphatic heterocycles. The Balaban J connectivity index is 1.94. The van der Waals surface area contributed by atoms with E-state index in [9.17, 15) is 0 Å². The molecule has 0 atom stereocenters. The van der Waals surface area contributed by atoms with Crippen LogP contribution in [-0.2, 0) is 0 Å². The lowest BCUT2D eigenvalue weighted by molar-refractivity contribution is 0.468. The van der Waals surface area contributed by atoms with Gasteiger partial charge in [0.2, 0.25) is 5.88 Å². The maximum atomic E-state index is 6.10. The molecule has 2 heterocycles. The number of hydrogen-bond donors (Lipinski definition) is 0. The highest BCUT2D eigenvalue weighted by atomic mass is 16.5. The average molecular weight is 323 g/mol. The molecule has 0 unspecified atom stereocenters. The van der Waals surface area contributed by atoms with E-state index in [1.807, 2.05) is 18.3 Å². The molecule has 0 saturated heterocycles. The van der Waals surface area contributed by atoms with E-state index in [4.69, 9.17) is 4.74 Å². The third-order valence-corrected chi connectivity index (χ3v) is 5.01. The molecular weight excluding hydrogens is 306 g/mol. The first kappa shape index (κ1) is 14.2. The lowest BCUT2D eigenvalue weighted by atomic mass is 9.87. The van der Waals surface area contributed by atoms with Crippen LogP contribution in [0.25, 0.3) is 33.0 Å². The fourth-order valence-corrected chi connectivity index (χ4v) is 3.87. The van der Waals surface area contributed by atoms with E-state index >= 15 is 0 Å². The minimum atomic E-state index is 0.695. The summed E-state index contributed by atoms with van der Waals surface area (Å²) >= 11 is 0. The number of ether oxygens (including phenoxy) is 1. The fourth-order valence-electron chi connectivity index (χ4n) is 3.87. The van der Waals surface area contributed by atoms with E-state index in [-0.39, 0.29) is 0 Å². The van der Waals surface area contributed by atoms with E-state index in [0.717, 1.165) is 16.7 Å². The van der Waals surface area contributed by atoms with Crippen LogP contribution in [0.5, 0.6) is 11.6 Å². The lowest BCUT2D eigenvalue weighted by Crippen LogP contribution is -2.01. The van der Waals surface area contributed by atoms with Crippen LogP contribution in [0.2, 0.25) is 0 Å². The first-order chi connectivity index (χ1) is 12.2. The summed E-state index contributed by atoms with van der Waals surface area (Å²) in [5.41, 5.74) is 7.41. The third-order valence-electron chi connectivity index (χ3n) is 5.01. The van der Waals surface area contributed by atoms with Gasteiger partial charge in [-0.25, -0.2) is 4.98 Å². The summed E-state index contributed by atoms with van der Waals surface area (Å²) < 4.78 is 6.10. The molecule has 0 aliphatic carbocycles. The Morgan fingerprint density at radius 2 is 1.52 bits per heavy atom. The van der Waals surface area contributed by atoms with E-state index < -0.39 is 0 Å². The van der Waals surface area contributed by atoms with Gasteiger partial charge >= 0.3 is 0 Å². The number of nitrogens with zero attached hydrogens (tertiary/aromatic N) is 1. The predicted octanol–water partition coefficient (Wildman–Crippen LogP) is 6.29. The van der Waals surface area contributed by atoms with Crippen molar-refractivity contribution in [1.82, 2.24) is 4.98 Å². The smallest absolute Gasteiger partial charge is 0.227 e. The molecule has 120 valence electrons. The minimum Gasteiger partial charge on any atom is -0.438 e. The molecule has 2 nitrogen and oxygen atoms in total. The first-order valence-electron chi connectivity index (χ1n) is 8.49. The van der Waals surface area contributed by atoms with Gasteiger partial charge in [-0.2, -0.15) is 0 Å². The van der Waals surface area contributed by atoms with Gasteiger partial charge in [0.05, 0.1) is 5.39 Å². The van der Waals surface area contributed by atoms with Crippen molar-refractivity contribution in [2.75, 3.05) is 0 Å². The lowest BCUT2D eigenvalue weighted by Gasteiger charge is -2.23. The van der Waals surface area contributed by atoms with E-state index in [0.29, 0.717) is 5.88 Å². The zero-order chi connectivity index (χ0) is 17.0. The monoisotopic (exact) mass is 323 g/mol. The van der Waals surface area contributed by atoms with Gasteiger partial charge in [-0.15, -0.1) is 0 Å². The number of fused-ring (bicyclic) bond motifs is 2. The fraction of sp³-hybridized carbons (Fsp3) is 0.0870. The van der Waals surface area contributed by atoms with E-state index in [1.54, 1.807) is 0 Å². The maximum absolute atomic E-state index is 6.10. The number of benzene rings is 3. The van der Waals surface area contributed by atoms with Crippen LogP contribution in [0.3, 0.4) is 0 Å². The highest BCUT2D eigenvalue weighted by Gasteiger charge is 2.23. The van der Waals surface area contributed by atoms with Gasteiger partial charge < -0.3 is 4.74 Å². The zero-order valence-electron chi connectivity index (χ0n) is 14.2. The first-order valence-corrected chi connectivity index (χ1v) is 8.49. The Labute approximate surface area is 146 Å². The van der Waals surface area contributed by atoms with Gasteiger partial charge in [0.15, 0.2) is 0 Å². The second-order valence-corrected chi connectivity index (χ2v) is 6.57. The van der Waals surface area contributed by atoms with Gasteiger partial charge in [-0.3, -0.25) is 0 Å². The van der Waals surface area contributed by atoms with Crippen molar-refractivity contribution in [2.45, 2.75) is 13.8 Å². The number of hydrogen-bond acceptors (Lipinski definition) is 2. The van der Waals surface area contributed by atoms with Crippen LogP contribution in [0.1, 0.15) is 11.1 Å². The molecule has 0 saturated carbocycles. The van der Waals surface area contributed by atoms with Gasteiger partial charge in [-0.05, 0) is 65.3 Å². The minimum absolute atomic E-state index is 0.695. The summed E-state index contributed by atoms with van der Waals surface area (Å²) in [4.78, 5) is 4.50. The molecule has 0 spiro atoms. The number of aryl methyl sites for hydroxylation is 2. The highest BCUT2D eigenvalue weighted by Crippen LogP contribution is 2.48. The molecule has 2 heteroatoms. The molecule has 5 rings (SSSR count). The predicted molar refractivity (Wildman–Crippen MR) is 102 cm³/mol. The third kappa shape index (κ3) is 2.01. The molecular formula is C23H17NO. The Morgan fingerprint density at radius 3 is 2.36 bits per heavy atom. The summed E-state index contributed by atoms with van der Waals surface area (Å²) in [5, 5.41) is 2.30. The number of rotatable bonds is 1. The van der Waals surface area contributed by atoms with Crippen molar-refractivity contribution in [3.8, 4) is 33.9 Å². The topological polar surface area (TPSA) is 22.1 Å². The molecule has 0 fully saturated rings. The molecule has 0 bridgehead atoms. The van der Waals surface area contributed by atoms with Crippen molar-refractivity contribution >= 4 is 10.8 Å². The number of para-hydroxylation sites is 1. The molecule has 0 amide bonds. The van der Waals surface area contributed by atoms with Crippen LogP contribution in [0.15, 0.2) is 66.9 Å². The second-order valence-electron chi connectivity index (χ2n) is 6.57. The maximum Gasteiger partial charge on any atom is 0.227 e. The molecule has 25 heavy (non-hydrogen) atoms. The van der Waals surface area contributed by atoms with Crippen LogP contribution in [0.4, 0.5) is 0 Å². The van der Waals surface area contributed by atoms with Crippen molar-refractivity contribution in [2.24, 2.45) is 0 Å². The Morgan fingerprint density at radius 1 is 0.760 bits per heavy atom. The quantitative estimate of drug-likeness (QED) is 0.361. The van der Waals surface area contributed by atoms with Crippen LogP contribution < -0.4 is 4.74 Å². The summed E-state index contributed by atoms with van der Waals surface area (Å²) in [5.74, 6) is 1.57. The second kappa shape index (κ2) is 5.18. The van der Waals surface area contributed by atoms with Crippen molar-refractivity contribution in [1.29, 1.82) is 0 Å². The van der Waals surface area contributed by atoms with Gasteiger partial charge in [0, 0.05) is 11.8 Å². The van der Waals surface area contributed by atoms with Gasteiger partial charge in [0.1, 0.15) is 5.75 Å². The molecule has 4 aromatic rings. The molecule has 0 N–H and O–H groups in total. The van der Waals surface area contributed by atoms with Crippen molar-refractivity contribution in [3.63, 3.8) is 0 Å².